The lowest BCUT2D eigenvalue weighted by molar-refractivity contribution is 0.219. The molecular weight excluding hydrogens is 440 g/mol. The molecule has 6 heteroatoms. The molecule has 0 amide bonds. The first-order chi connectivity index (χ1) is 17.2. The Morgan fingerprint density at radius 3 is 2.14 bits per heavy atom. The molecule has 0 saturated heterocycles. The minimum absolute atomic E-state index is 0.619. The molecule has 2 heterocycles. The van der Waals surface area contributed by atoms with Crippen molar-refractivity contribution < 1.29 is 18.9 Å². The average molecular weight is 475 g/mol. The van der Waals surface area contributed by atoms with Crippen LogP contribution in [0.25, 0.3) is 0 Å². The van der Waals surface area contributed by atoms with Crippen LogP contribution in [0.3, 0.4) is 0 Å². The van der Waals surface area contributed by atoms with Crippen molar-refractivity contribution in [3.05, 3.63) is 82.4 Å². The van der Waals surface area contributed by atoms with Gasteiger partial charge >= 0.3 is 0 Å². The Hall–Kier alpha value is -3.22. The first kappa shape index (κ1) is 23.5. The summed E-state index contributed by atoms with van der Waals surface area (Å²) >= 11 is 0. The zero-order valence-corrected chi connectivity index (χ0v) is 20.9. The van der Waals surface area contributed by atoms with Crippen LogP contribution in [0.4, 0.5) is 0 Å². The Morgan fingerprint density at radius 2 is 1.40 bits per heavy atom. The Morgan fingerprint density at radius 1 is 0.714 bits per heavy atom. The highest BCUT2D eigenvalue weighted by Gasteiger charge is 2.20. The van der Waals surface area contributed by atoms with Crippen molar-refractivity contribution in [3.8, 4) is 23.0 Å². The summed E-state index contributed by atoms with van der Waals surface area (Å²) in [6.45, 7) is 6.18. The van der Waals surface area contributed by atoms with Crippen LogP contribution >= 0.6 is 0 Å². The van der Waals surface area contributed by atoms with Gasteiger partial charge in [-0.2, -0.15) is 0 Å². The second-order valence-corrected chi connectivity index (χ2v) is 9.26. The molecule has 0 aliphatic carbocycles. The molecule has 2 aliphatic heterocycles. The highest BCUT2D eigenvalue weighted by Crippen LogP contribution is 2.38. The third-order valence-electron chi connectivity index (χ3n) is 6.93. The van der Waals surface area contributed by atoms with E-state index in [9.17, 15) is 0 Å². The van der Waals surface area contributed by atoms with Gasteiger partial charge in [0.05, 0.1) is 21.3 Å². The first-order valence-corrected chi connectivity index (χ1v) is 12.2. The fourth-order valence-electron chi connectivity index (χ4n) is 5.17. The summed E-state index contributed by atoms with van der Waals surface area (Å²) in [6, 6.07) is 19.5. The molecule has 0 bridgehead atoms. The van der Waals surface area contributed by atoms with Gasteiger partial charge in [-0.3, -0.25) is 9.80 Å². The molecule has 0 unspecified atom stereocenters. The smallest absolute Gasteiger partial charge is 0.203 e. The maximum absolute atomic E-state index is 6.11. The summed E-state index contributed by atoms with van der Waals surface area (Å²) < 4.78 is 22.7. The van der Waals surface area contributed by atoms with Crippen molar-refractivity contribution in [1.29, 1.82) is 0 Å². The second kappa shape index (κ2) is 10.6. The molecule has 0 atom stereocenters. The fourth-order valence-corrected chi connectivity index (χ4v) is 5.17. The molecule has 5 rings (SSSR count). The highest BCUT2D eigenvalue weighted by molar-refractivity contribution is 5.53. The Bertz CT molecular complexity index is 1150. The van der Waals surface area contributed by atoms with Crippen LogP contribution in [-0.4, -0.2) is 50.8 Å². The van der Waals surface area contributed by atoms with Crippen molar-refractivity contribution in [1.82, 2.24) is 9.80 Å². The second-order valence-electron chi connectivity index (χ2n) is 9.26. The molecule has 2 aliphatic rings. The molecule has 6 nitrogen and oxygen atoms in total. The van der Waals surface area contributed by atoms with Crippen molar-refractivity contribution in [2.75, 3.05) is 41.0 Å². The van der Waals surface area contributed by atoms with E-state index in [1.54, 1.807) is 21.3 Å². The Labute approximate surface area is 208 Å². The minimum atomic E-state index is 0.619. The number of rotatable bonds is 7. The normalized spacial score (nSPS) is 16.0. The molecule has 0 radical (unpaired) electrons. The number of ether oxygens (including phenoxy) is 4. The molecule has 0 N–H and O–H groups in total. The maximum Gasteiger partial charge on any atom is 0.203 e. The van der Waals surface area contributed by atoms with E-state index in [2.05, 4.69) is 52.3 Å². The van der Waals surface area contributed by atoms with E-state index in [4.69, 9.17) is 18.9 Å². The van der Waals surface area contributed by atoms with E-state index >= 15 is 0 Å². The molecule has 184 valence electrons. The van der Waals surface area contributed by atoms with Crippen molar-refractivity contribution in [3.63, 3.8) is 0 Å². The summed E-state index contributed by atoms with van der Waals surface area (Å²) in [5, 5.41) is 0. The molecular formula is C29H34N2O4. The summed E-state index contributed by atoms with van der Waals surface area (Å²) in [5.74, 6) is 2.97. The molecule has 3 aromatic rings. The Kier molecular flexibility index (Phi) is 7.11. The van der Waals surface area contributed by atoms with Crippen LogP contribution in [0.15, 0.2) is 54.6 Å². The van der Waals surface area contributed by atoms with Crippen molar-refractivity contribution in [2.24, 2.45) is 0 Å². The summed E-state index contributed by atoms with van der Waals surface area (Å²) in [7, 11) is 4.93. The van der Waals surface area contributed by atoms with Gasteiger partial charge in [0, 0.05) is 44.8 Å². The number of benzene rings is 3. The molecule has 0 aromatic heterocycles. The van der Waals surface area contributed by atoms with Crippen LogP contribution in [0.5, 0.6) is 23.0 Å². The number of nitrogens with zero attached hydrogens (tertiary/aromatic N) is 2. The van der Waals surface area contributed by atoms with E-state index < -0.39 is 0 Å². The highest BCUT2D eigenvalue weighted by atomic mass is 16.5. The van der Waals surface area contributed by atoms with Gasteiger partial charge in [-0.25, -0.2) is 0 Å². The van der Waals surface area contributed by atoms with E-state index in [1.165, 1.54) is 22.3 Å². The zero-order chi connectivity index (χ0) is 24.2. The molecule has 0 spiro atoms. The largest absolute Gasteiger partial charge is 0.493 e. The molecule has 35 heavy (non-hydrogen) atoms. The van der Waals surface area contributed by atoms with E-state index in [-0.39, 0.29) is 0 Å². The maximum atomic E-state index is 6.11. The number of fused-ring (bicyclic) bond motifs is 2. The third kappa shape index (κ3) is 5.24. The van der Waals surface area contributed by atoms with E-state index in [0.717, 1.165) is 57.0 Å². The van der Waals surface area contributed by atoms with Gasteiger partial charge in [-0.15, -0.1) is 0 Å². The lowest BCUT2D eigenvalue weighted by Crippen LogP contribution is -2.30. The van der Waals surface area contributed by atoms with Crippen LogP contribution in [0, 0.1) is 0 Å². The number of hydrogen-bond acceptors (Lipinski definition) is 6. The van der Waals surface area contributed by atoms with Crippen LogP contribution in [0.2, 0.25) is 0 Å². The number of methoxy groups -OCH3 is 3. The monoisotopic (exact) mass is 474 g/mol. The molecule has 0 saturated carbocycles. The quantitative estimate of drug-likeness (QED) is 0.496. The van der Waals surface area contributed by atoms with Crippen molar-refractivity contribution >= 4 is 0 Å². The van der Waals surface area contributed by atoms with E-state index in [0.29, 0.717) is 23.9 Å². The van der Waals surface area contributed by atoms with Gasteiger partial charge in [0.1, 0.15) is 12.4 Å². The van der Waals surface area contributed by atoms with Crippen LogP contribution in [0.1, 0.15) is 27.8 Å². The first-order valence-electron chi connectivity index (χ1n) is 12.2. The summed E-state index contributed by atoms with van der Waals surface area (Å²) in [5.41, 5.74) is 6.63. The zero-order valence-electron chi connectivity index (χ0n) is 20.9. The lowest BCUT2D eigenvalue weighted by Gasteiger charge is -2.29. The van der Waals surface area contributed by atoms with Gasteiger partial charge in [-0.1, -0.05) is 30.3 Å². The summed E-state index contributed by atoms with van der Waals surface area (Å²) in [4.78, 5) is 4.95. The third-order valence-corrected chi connectivity index (χ3v) is 6.93. The van der Waals surface area contributed by atoms with Gasteiger partial charge in [0.25, 0.3) is 0 Å². The standard InChI is InChI=1S/C29H34N2O4/c1-32-27-15-22(16-28(33-2)29(27)34-3)18-31-12-13-35-26-9-8-21(14-25(26)20-31)17-30-11-10-23-6-4-5-7-24(23)19-30/h4-9,14-16H,10-13,17-20H2,1-3H3. The number of hydrogen-bond donors (Lipinski definition) is 0. The lowest BCUT2D eigenvalue weighted by atomic mass is 9.99. The van der Waals surface area contributed by atoms with Gasteiger partial charge < -0.3 is 18.9 Å². The van der Waals surface area contributed by atoms with Gasteiger partial charge in [0.15, 0.2) is 11.5 Å². The summed E-state index contributed by atoms with van der Waals surface area (Å²) in [6.07, 6.45) is 1.12. The SMILES string of the molecule is COc1cc(CN2CCOc3ccc(CN4CCc5ccccc5C4)cc3C2)cc(OC)c1OC. The van der Waals surface area contributed by atoms with Crippen molar-refractivity contribution in [2.45, 2.75) is 32.6 Å². The predicted molar refractivity (Wildman–Crippen MR) is 136 cm³/mol. The molecule has 0 fully saturated rings. The van der Waals surface area contributed by atoms with Crippen LogP contribution in [-0.2, 0) is 32.6 Å². The average Bonchev–Trinajstić information content (AvgIpc) is 3.09. The van der Waals surface area contributed by atoms with Gasteiger partial charge in [-0.05, 0) is 52.9 Å². The Balaban J connectivity index is 1.30. The predicted octanol–water partition coefficient (Wildman–Crippen LogP) is 4.67. The van der Waals surface area contributed by atoms with E-state index in [1.807, 2.05) is 12.1 Å². The topological polar surface area (TPSA) is 43.4 Å². The van der Waals surface area contributed by atoms with Gasteiger partial charge in [0.2, 0.25) is 5.75 Å². The molecule has 3 aromatic carbocycles. The fraction of sp³-hybridized carbons (Fsp3) is 0.379. The van der Waals surface area contributed by atoms with Crippen LogP contribution < -0.4 is 18.9 Å². The minimum Gasteiger partial charge on any atom is -0.493 e.